The minimum Gasteiger partial charge on any atom is -0.469 e. The third kappa shape index (κ3) is 3.34. The van der Waals surface area contributed by atoms with Crippen molar-refractivity contribution >= 4 is 17.6 Å². The first-order chi connectivity index (χ1) is 7.99. The number of carbonyl (C=O) groups excluding carboxylic acids is 1. The Morgan fingerprint density at radius 2 is 2.29 bits per heavy atom. The maximum absolute atomic E-state index is 12.5. The third-order valence-electron chi connectivity index (χ3n) is 2.14. The predicted molar refractivity (Wildman–Crippen MR) is 57.8 cm³/mol. The van der Waals surface area contributed by atoms with Crippen LogP contribution in [0.15, 0.2) is 6.07 Å². The number of ether oxygens (including phenoxy) is 1. The van der Waals surface area contributed by atoms with E-state index in [9.17, 15) is 13.6 Å². The number of rotatable bonds is 4. The second-order valence-corrected chi connectivity index (χ2v) is 3.62. The normalized spacial score (nSPS) is 10.7. The fraction of sp³-hybridized carbons (Fsp3) is 0.400. The maximum Gasteiger partial charge on any atom is 0.310 e. The lowest BCUT2D eigenvalue weighted by Gasteiger charge is -2.10. The summed E-state index contributed by atoms with van der Waals surface area (Å²) in [4.78, 5) is 14.8. The molecule has 1 aromatic heterocycles. The SMILES string of the molecule is COC(=O)Cc1c(Cl)cc(C(F)F)nc1CN. The fourth-order valence-corrected chi connectivity index (χ4v) is 1.58. The highest BCUT2D eigenvalue weighted by Gasteiger charge is 2.18. The van der Waals surface area contributed by atoms with E-state index in [0.29, 0.717) is 5.56 Å². The minimum absolute atomic E-state index is 0.0427. The zero-order valence-electron chi connectivity index (χ0n) is 9.04. The Morgan fingerprint density at radius 1 is 1.65 bits per heavy atom. The third-order valence-corrected chi connectivity index (χ3v) is 2.48. The van der Waals surface area contributed by atoms with Crippen LogP contribution in [0.2, 0.25) is 5.02 Å². The number of nitrogens with two attached hydrogens (primary N) is 1. The van der Waals surface area contributed by atoms with E-state index in [1.165, 1.54) is 7.11 Å². The molecule has 4 nitrogen and oxygen atoms in total. The number of pyridine rings is 1. The van der Waals surface area contributed by atoms with Gasteiger partial charge in [-0.1, -0.05) is 11.6 Å². The van der Waals surface area contributed by atoms with Crippen LogP contribution in [0.1, 0.15) is 23.4 Å². The zero-order valence-corrected chi connectivity index (χ0v) is 9.80. The van der Waals surface area contributed by atoms with E-state index in [1.54, 1.807) is 0 Å². The molecule has 0 unspecified atom stereocenters. The summed E-state index contributed by atoms with van der Waals surface area (Å²) in [6, 6.07) is 1.03. The lowest BCUT2D eigenvalue weighted by molar-refractivity contribution is -0.139. The molecule has 0 amide bonds. The molecule has 1 rings (SSSR count). The number of nitrogens with zero attached hydrogens (tertiary/aromatic N) is 1. The topological polar surface area (TPSA) is 65.2 Å². The highest BCUT2D eigenvalue weighted by Crippen LogP contribution is 2.26. The van der Waals surface area contributed by atoms with Gasteiger partial charge in [0.25, 0.3) is 6.43 Å². The van der Waals surface area contributed by atoms with E-state index in [1.807, 2.05) is 0 Å². The monoisotopic (exact) mass is 264 g/mol. The quantitative estimate of drug-likeness (QED) is 0.843. The molecule has 0 saturated carbocycles. The zero-order chi connectivity index (χ0) is 13.0. The Labute approximate surface area is 102 Å². The van der Waals surface area contributed by atoms with Gasteiger partial charge < -0.3 is 10.5 Å². The van der Waals surface area contributed by atoms with Gasteiger partial charge in [0.2, 0.25) is 0 Å². The van der Waals surface area contributed by atoms with Gasteiger partial charge in [0, 0.05) is 17.1 Å². The molecular weight excluding hydrogens is 254 g/mol. The van der Waals surface area contributed by atoms with Gasteiger partial charge in [0.1, 0.15) is 5.69 Å². The molecule has 0 fully saturated rings. The number of aromatic nitrogens is 1. The van der Waals surface area contributed by atoms with E-state index in [0.717, 1.165) is 6.07 Å². The highest BCUT2D eigenvalue weighted by molar-refractivity contribution is 6.31. The molecule has 0 spiro atoms. The van der Waals surface area contributed by atoms with Crippen molar-refractivity contribution < 1.29 is 18.3 Å². The summed E-state index contributed by atoms with van der Waals surface area (Å²) < 4.78 is 29.4. The second kappa shape index (κ2) is 5.88. The number of halogens is 3. The van der Waals surface area contributed by atoms with Crippen molar-refractivity contribution in [1.29, 1.82) is 0 Å². The van der Waals surface area contributed by atoms with Crippen LogP contribution in [0.5, 0.6) is 0 Å². The Bertz CT molecular complexity index is 427. The first-order valence-electron chi connectivity index (χ1n) is 4.72. The molecule has 94 valence electrons. The standard InChI is InChI=1S/C10H11ClF2N2O2/c1-17-9(16)2-5-6(11)3-7(10(12)13)15-8(5)4-14/h3,10H,2,4,14H2,1H3. The van der Waals surface area contributed by atoms with Crippen LogP contribution in [0, 0.1) is 0 Å². The molecule has 0 aliphatic carbocycles. The first kappa shape index (κ1) is 13.8. The molecule has 0 aromatic carbocycles. The number of hydrogen-bond donors (Lipinski definition) is 1. The van der Waals surface area contributed by atoms with Crippen LogP contribution in [0.4, 0.5) is 8.78 Å². The van der Waals surface area contributed by atoms with Crippen molar-refractivity contribution in [2.45, 2.75) is 19.4 Å². The molecule has 1 heterocycles. The average molecular weight is 265 g/mol. The van der Waals surface area contributed by atoms with Crippen LogP contribution >= 0.6 is 11.6 Å². The first-order valence-corrected chi connectivity index (χ1v) is 5.10. The van der Waals surface area contributed by atoms with Crippen LogP contribution in [0.3, 0.4) is 0 Å². The van der Waals surface area contributed by atoms with E-state index >= 15 is 0 Å². The molecule has 1 aromatic rings. The van der Waals surface area contributed by atoms with Crippen molar-refractivity contribution in [1.82, 2.24) is 4.98 Å². The molecule has 0 atom stereocenters. The molecule has 0 bridgehead atoms. The Kier molecular flexibility index (Phi) is 4.77. The summed E-state index contributed by atoms with van der Waals surface area (Å²) in [5.41, 5.74) is 5.44. The molecule has 0 aliphatic heterocycles. The van der Waals surface area contributed by atoms with Crippen molar-refractivity contribution in [2.75, 3.05) is 7.11 Å². The molecule has 0 saturated heterocycles. The minimum atomic E-state index is -2.73. The average Bonchev–Trinajstić information content (AvgIpc) is 2.30. The largest absolute Gasteiger partial charge is 0.469 e. The lowest BCUT2D eigenvalue weighted by Crippen LogP contribution is -2.13. The van der Waals surface area contributed by atoms with E-state index < -0.39 is 18.1 Å². The van der Waals surface area contributed by atoms with Gasteiger partial charge in [-0.25, -0.2) is 8.78 Å². The number of hydrogen-bond acceptors (Lipinski definition) is 4. The van der Waals surface area contributed by atoms with Gasteiger partial charge in [-0.05, 0) is 6.07 Å². The second-order valence-electron chi connectivity index (χ2n) is 3.21. The fourth-order valence-electron chi connectivity index (χ4n) is 1.29. The predicted octanol–water partition coefficient (Wildman–Crippen LogP) is 1.85. The van der Waals surface area contributed by atoms with Crippen LogP contribution in [0.25, 0.3) is 0 Å². The molecular formula is C10H11ClF2N2O2. The van der Waals surface area contributed by atoms with Crippen LogP contribution in [-0.4, -0.2) is 18.1 Å². The van der Waals surface area contributed by atoms with Crippen LogP contribution in [-0.2, 0) is 22.5 Å². The van der Waals surface area contributed by atoms with Gasteiger partial charge >= 0.3 is 5.97 Å². The summed E-state index contributed by atoms with van der Waals surface area (Å²) in [5, 5.41) is 0.0427. The Morgan fingerprint density at radius 3 is 2.76 bits per heavy atom. The van der Waals surface area contributed by atoms with Crippen molar-refractivity contribution in [3.8, 4) is 0 Å². The molecule has 17 heavy (non-hydrogen) atoms. The smallest absolute Gasteiger partial charge is 0.310 e. The maximum atomic E-state index is 12.5. The summed E-state index contributed by atoms with van der Waals surface area (Å²) in [5.74, 6) is -0.534. The van der Waals surface area contributed by atoms with Crippen LogP contribution < -0.4 is 5.73 Å². The lowest BCUT2D eigenvalue weighted by atomic mass is 10.1. The molecule has 0 radical (unpaired) electrons. The summed E-state index contributed by atoms with van der Waals surface area (Å²) in [6.45, 7) is -0.0768. The van der Waals surface area contributed by atoms with E-state index in [4.69, 9.17) is 17.3 Å². The Balaban J connectivity index is 3.16. The number of esters is 1. The number of alkyl halides is 2. The van der Waals surface area contributed by atoms with Gasteiger partial charge in [0.15, 0.2) is 0 Å². The molecule has 2 N–H and O–H groups in total. The van der Waals surface area contributed by atoms with Gasteiger partial charge in [-0.15, -0.1) is 0 Å². The molecule has 7 heteroatoms. The summed E-state index contributed by atoms with van der Waals surface area (Å²) >= 11 is 5.82. The van der Waals surface area contributed by atoms with Gasteiger partial charge in [0.05, 0.1) is 19.2 Å². The highest BCUT2D eigenvalue weighted by atomic mass is 35.5. The van der Waals surface area contributed by atoms with Crippen molar-refractivity contribution in [2.24, 2.45) is 5.73 Å². The molecule has 0 aliphatic rings. The van der Waals surface area contributed by atoms with Gasteiger partial charge in [-0.2, -0.15) is 0 Å². The van der Waals surface area contributed by atoms with Crippen molar-refractivity contribution in [3.05, 3.63) is 28.0 Å². The van der Waals surface area contributed by atoms with Gasteiger partial charge in [-0.3, -0.25) is 9.78 Å². The Hall–Kier alpha value is -1.27. The van der Waals surface area contributed by atoms with E-state index in [2.05, 4.69) is 9.72 Å². The number of methoxy groups -OCH3 is 1. The number of carbonyl (C=O) groups is 1. The summed E-state index contributed by atoms with van der Waals surface area (Å²) in [7, 11) is 1.22. The van der Waals surface area contributed by atoms with E-state index in [-0.39, 0.29) is 23.7 Å². The van der Waals surface area contributed by atoms with Crippen molar-refractivity contribution in [3.63, 3.8) is 0 Å². The summed E-state index contributed by atoms with van der Waals surface area (Å²) in [6.07, 6.45) is -2.87.